The minimum atomic E-state index is -4.58. The van der Waals surface area contributed by atoms with Crippen LogP contribution < -0.4 is 4.90 Å². The lowest BCUT2D eigenvalue weighted by atomic mass is 9.99. The van der Waals surface area contributed by atoms with Crippen molar-refractivity contribution in [3.63, 3.8) is 0 Å². The summed E-state index contributed by atoms with van der Waals surface area (Å²) in [5.41, 5.74) is 0.299. The molecule has 1 aromatic carbocycles. The minimum Gasteiger partial charge on any atom is -0.507 e. The second-order valence-corrected chi connectivity index (χ2v) is 7.41. The number of nitrogens with zero attached hydrogens (tertiary/aromatic N) is 5. The predicted octanol–water partition coefficient (Wildman–Crippen LogP) is 4.09. The first-order valence-corrected chi connectivity index (χ1v) is 9.41. The van der Waals surface area contributed by atoms with Crippen LogP contribution in [0.5, 0.6) is 5.75 Å². The molecule has 0 aliphatic carbocycles. The monoisotopic (exact) mass is 433 g/mol. The lowest BCUT2D eigenvalue weighted by Gasteiger charge is -2.22. The van der Waals surface area contributed by atoms with Crippen molar-refractivity contribution in [2.45, 2.75) is 31.7 Å². The molecule has 0 saturated carbocycles. The van der Waals surface area contributed by atoms with Crippen LogP contribution in [0, 0.1) is 12.7 Å². The number of fused-ring (bicyclic) bond motifs is 3. The van der Waals surface area contributed by atoms with Crippen LogP contribution in [0.2, 0.25) is 0 Å². The first-order valence-electron chi connectivity index (χ1n) is 9.41. The standard InChI is InChI=1S/C20H15F4N5O2/c1-9-4-10(20(22,23)24)5-15(30)16(9)13-6-12-17-14(2-3-31-17)29(18(12)28-27-13)19-25-7-11(21)8-26-19/h4-8,14,17,30H,2-3H2,1H3/t14-,17-/m0/s1. The average molecular weight is 433 g/mol. The van der Waals surface area contributed by atoms with Gasteiger partial charge in [0.2, 0.25) is 5.95 Å². The molecule has 5 rings (SSSR count). The number of hydrogen-bond donors (Lipinski definition) is 1. The van der Waals surface area contributed by atoms with Gasteiger partial charge in [-0.2, -0.15) is 13.2 Å². The molecule has 2 atom stereocenters. The van der Waals surface area contributed by atoms with E-state index in [1.807, 2.05) is 0 Å². The van der Waals surface area contributed by atoms with E-state index in [1.54, 1.807) is 11.0 Å². The van der Waals surface area contributed by atoms with Crippen molar-refractivity contribution >= 4 is 11.8 Å². The predicted molar refractivity (Wildman–Crippen MR) is 100 cm³/mol. The van der Waals surface area contributed by atoms with Crippen molar-refractivity contribution in [2.75, 3.05) is 11.5 Å². The Hall–Kier alpha value is -3.34. The van der Waals surface area contributed by atoms with Gasteiger partial charge in [0.15, 0.2) is 11.6 Å². The highest BCUT2D eigenvalue weighted by molar-refractivity contribution is 5.74. The third kappa shape index (κ3) is 3.16. The molecule has 31 heavy (non-hydrogen) atoms. The lowest BCUT2D eigenvalue weighted by molar-refractivity contribution is -0.137. The molecule has 1 N–H and O–H groups in total. The Morgan fingerprint density at radius 2 is 1.87 bits per heavy atom. The maximum Gasteiger partial charge on any atom is 0.416 e. The van der Waals surface area contributed by atoms with Gasteiger partial charge in [0, 0.05) is 17.7 Å². The van der Waals surface area contributed by atoms with Crippen molar-refractivity contribution in [3.05, 3.63) is 53.1 Å². The summed E-state index contributed by atoms with van der Waals surface area (Å²) in [4.78, 5) is 9.79. The summed E-state index contributed by atoms with van der Waals surface area (Å²) in [5, 5.41) is 18.7. The Morgan fingerprint density at radius 3 is 2.55 bits per heavy atom. The van der Waals surface area contributed by atoms with Gasteiger partial charge in [0.05, 0.1) is 29.7 Å². The molecular formula is C20H15F4N5O2. The quantitative estimate of drug-likeness (QED) is 0.610. The first-order chi connectivity index (χ1) is 14.7. The Balaban J connectivity index is 1.60. The highest BCUT2D eigenvalue weighted by atomic mass is 19.4. The van der Waals surface area contributed by atoms with E-state index in [0.717, 1.165) is 18.5 Å². The van der Waals surface area contributed by atoms with Gasteiger partial charge in [-0.3, -0.25) is 4.90 Å². The van der Waals surface area contributed by atoms with E-state index in [-0.39, 0.29) is 34.9 Å². The smallest absolute Gasteiger partial charge is 0.416 e. The molecule has 1 fully saturated rings. The summed E-state index contributed by atoms with van der Waals surface area (Å²) >= 11 is 0. The van der Waals surface area contributed by atoms with Gasteiger partial charge in [0.25, 0.3) is 0 Å². The van der Waals surface area contributed by atoms with E-state index in [0.29, 0.717) is 30.5 Å². The topological polar surface area (TPSA) is 84.3 Å². The molecule has 0 unspecified atom stereocenters. The van der Waals surface area contributed by atoms with E-state index in [2.05, 4.69) is 20.2 Å². The van der Waals surface area contributed by atoms with Crippen molar-refractivity contribution in [1.29, 1.82) is 0 Å². The zero-order chi connectivity index (χ0) is 21.9. The summed E-state index contributed by atoms with van der Waals surface area (Å²) in [6.45, 7) is 1.95. The number of alkyl halides is 3. The molecule has 0 spiro atoms. The Bertz CT molecular complexity index is 1150. The molecule has 7 nitrogen and oxygen atoms in total. The number of anilines is 2. The number of halogens is 4. The molecule has 2 aliphatic heterocycles. The van der Waals surface area contributed by atoms with Crippen molar-refractivity contribution in [2.24, 2.45) is 0 Å². The molecule has 0 amide bonds. The fourth-order valence-electron chi connectivity index (χ4n) is 4.15. The number of hydrogen-bond acceptors (Lipinski definition) is 7. The molecular weight excluding hydrogens is 418 g/mol. The van der Waals surface area contributed by atoms with Crippen molar-refractivity contribution in [1.82, 2.24) is 20.2 Å². The van der Waals surface area contributed by atoms with E-state index < -0.39 is 23.3 Å². The third-order valence-electron chi connectivity index (χ3n) is 5.45. The number of aromatic nitrogens is 4. The van der Waals surface area contributed by atoms with Gasteiger partial charge < -0.3 is 9.84 Å². The van der Waals surface area contributed by atoms with Gasteiger partial charge in [-0.1, -0.05) is 0 Å². The maximum atomic E-state index is 13.3. The number of rotatable bonds is 2. The molecule has 3 aromatic rings. The van der Waals surface area contributed by atoms with E-state index >= 15 is 0 Å². The summed E-state index contributed by atoms with van der Waals surface area (Å²) in [6, 6.07) is 3.10. The zero-order valence-corrected chi connectivity index (χ0v) is 16.1. The van der Waals surface area contributed by atoms with Gasteiger partial charge in [-0.25, -0.2) is 14.4 Å². The number of ether oxygens (including phenoxy) is 1. The van der Waals surface area contributed by atoms with Crippen LogP contribution in [0.1, 0.15) is 29.2 Å². The first kappa shape index (κ1) is 19.6. The number of benzene rings is 1. The number of aryl methyl sites for hydroxylation is 1. The lowest BCUT2D eigenvalue weighted by Crippen LogP contribution is -2.29. The van der Waals surface area contributed by atoms with Gasteiger partial charge in [-0.05, 0) is 37.1 Å². The second kappa shape index (κ2) is 6.84. The summed E-state index contributed by atoms with van der Waals surface area (Å²) < 4.78 is 58.2. The van der Waals surface area contributed by atoms with Crippen LogP contribution in [0.3, 0.4) is 0 Å². The maximum absolute atomic E-state index is 13.3. The molecule has 160 valence electrons. The zero-order valence-electron chi connectivity index (χ0n) is 16.1. The summed E-state index contributed by atoms with van der Waals surface area (Å²) in [5.74, 6) is -0.440. The second-order valence-electron chi connectivity index (χ2n) is 7.41. The molecule has 11 heteroatoms. The highest BCUT2D eigenvalue weighted by Gasteiger charge is 2.46. The Morgan fingerprint density at radius 1 is 1.13 bits per heavy atom. The van der Waals surface area contributed by atoms with Crippen LogP contribution in [0.25, 0.3) is 11.3 Å². The van der Waals surface area contributed by atoms with E-state index in [1.165, 1.54) is 6.92 Å². The van der Waals surface area contributed by atoms with E-state index in [4.69, 9.17) is 4.74 Å². The van der Waals surface area contributed by atoms with Crippen LogP contribution in [0.4, 0.5) is 29.3 Å². The van der Waals surface area contributed by atoms with Gasteiger partial charge >= 0.3 is 6.18 Å². The fraction of sp³-hybridized carbons (Fsp3) is 0.300. The number of phenols is 1. The highest BCUT2D eigenvalue weighted by Crippen LogP contribution is 2.49. The minimum absolute atomic E-state index is 0.161. The summed E-state index contributed by atoms with van der Waals surface area (Å²) in [7, 11) is 0. The van der Waals surface area contributed by atoms with Crippen LogP contribution >= 0.6 is 0 Å². The molecule has 2 aromatic heterocycles. The molecule has 2 aliphatic rings. The van der Waals surface area contributed by atoms with Crippen LogP contribution in [-0.4, -0.2) is 37.9 Å². The number of phenolic OH excluding ortho intramolecular Hbond substituents is 1. The van der Waals surface area contributed by atoms with Gasteiger partial charge in [-0.15, -0.1) is 10.2 Å². The van der Waals surface area contributed by atoms with Gasteiger partial charge in [0.1, 0.15) is 11.9 Å². The average Bonchev–Trinajstić information content (AvgIpc) is 3.28. The summed E-state index contributed by atoms with van der Waals surface area (Å²) in [6.07, 6.45) is -2.20. The SMILES string of the molecule is Cc1cc(C(F)(F)F)cc(O)c1-c1cc2c(nn1)N(c1ncc(F)cn1)[C@H]1CCO[C@@H]21. The molecule has 0 radical (unpaired) electrons. The largest absolute Gasteiger partial charge is 0.507 e. The molecule has 4 heterocycles. The Labute approximate surface area is 173 Å². The Kier molecular flexibility index (Phi) is 4.33. The molecule has 0 bridgehead atoms. The van der Waals surface area contributed by atoms with E-state index in [9.17, 15) is 22.7 Å². The third-order valence-corrected chi connectivity index (χ3v) is 5.45. The molecule has 1 saturated heterocycles. The van der Waals surface area contributed by atoms with Crippen LogP contribution in [0.15, 0.2) is 30.6 Å². The number of aromatic hydroxyl groups is 1. The normalized spacial score (nSPS) is 20.1. The fourth-order valence-corrected chi connectivity index (χ4v) is 4.15. The van der Waals surface area contributed by atoms with Crippen LogP contribution in [-0.2, 0) is 10.9 Å². The van der Waals surface area contributed by atoms with Crippen molar-refractivity contribution < 1.29 is 27.4 Å². The van der Waals surface area contributed by atoms with Crippen molar-refractivity contribution in [3.8, 4) is 17.0 Å².